The fraction of sp³-hybridized carbons (Fsp3) is 0. The molecule has 0 spiro atoms. The van der Waals surface area contributed by atoms with Gasteiger partial charge in [-0.15, -0.1) is 0 Å². The van der Waals surface area contributed by atoms with E-state index in [0.29, 0.717) is 10.8 Å². The summed E-state index contributed by atoms with van der Waals surface area (Å²) in [7, 11) is 0. The Bertz CT molecular complexity index is 1070. The van der Waals surface area contributed by atoms with Crippen LogP contribution in [0, 0.1) is 5.82 Å². The zero-order valence-corrected chi connectivity index (χ0v) is 12.8. The van der Waals surface area contributed by atoms with Crippen LogP contribution in [0.1, 0.15) is 0 Å². The van der Waals surface area contributed by atoms with Gasteiger partial charge in [0.15, 0.2) is 0 Å². The molecule has 0 unspecified atom stereocenters. The molecule has 0 aliphatic heterocycles. The molecule has 0 aliphatic rings. The van der Waals surface area contributed by atoms with Gasteiger partial charge in [0.25, 0.3) is 5.56 Å². The van der Waals surface area contributed by atoms with Crippen LogP contribution in [0.2, 0.25) is 0 Å². The van der Waals surface area contributed by atoms with Crippen LogP contribution in [0.15, 0.2) is 89.7 Å². The minimum absolute atomic E-state index is 0.155. The van der Waals surface area contributed by atoms with Gasteiger partial charge >= 0.3 is 0 Å². The van der Waals surface area contributed by atoms with Gasteiger partial charge < -0.3 is 0 Å². The van der Waals surface area contributed by atoms with E-state index in [2.05, 4.69) is 0 Å². The number of hydrogen-bond donors (Lipinski definition) is 0. The second-order valence-corrected chi connectivity index (χ2v) is 5.60. The molecule has 116 valence electrons. The number of para-hydroxylation sites is 1. The highest BCUT2D eigenvalue weighted by Gasteiger charge is 2.13. The molecule has 3 heteroatoms. The quantitative estimate of drug-likeness (QED) is 0.521. The monoisotopic (exact) mass is 315 g/mol. The number of pyridine rings is 1. The number of hydrogen-bond acceptors (Lipinski definition) is 1. The number of rotatable bonds is 2. The normalized spacial score (nSPS) is 10.9. The maximum absolute atomic E-state index is 13.6. The number of fused-ring (bicyclic) bond motifs is 1. The van der Waals surface area contributed by atoms with Crippen LogP contribution in [0.25, 0.3) is 27.7 Å². The summed E-state index contributed by atoms with van der Waals surface area (Å²) in [5.74, 6) is -0.349. The third-order valence-corrected chi connectivity index (χ3v) is 4.06. The standard InChI is InChI=1S/C21H14FNO/c22-17-11-12-19-16(13-17)14-20(15-7-3-1-4-8-15)23(21(19)24)18-9-5-2-6-10-18/h1-14H. The summed E-state index contributed by atoms with van der Waals surface area (Å²) >= 11 is 0. The van der Waals surface area contributed by atoms with Crippen molar-refractivity contribution < 1.29 is 4.39 Å². The first-order chi connectivity index (χ1) is 11.7. The van der Waals surface area contributed by atoms with Crippen molar-refractivity contribution >= 4 is 10.8 Å². The molecule has 0 saturated carbocycles. The zero-order valence-electron chi connectivity index (χ0n) is 12.8. The maximum atomic E-state index is 13.6. The van der Waals surface area contributed by atoms with E-state index in [9.17, 15) is 9.18 Å². The van der Waals surface area contributed by atoms with Crippen molar-refractivity contribution in [1.29, 1.82) is 0 Å². The Balaban J connectivity index is 2.14. The van der Waals surface area contributed by atoms with Gasteiger partial charge in [0.1, 0.15) is 5.82 Å². The molecule has 0 radical (unpaired) electrons. The fourth-order valence-corrected chi connectivity index (χ4v) is 2.94. The van der Waals surface area contributed by atoms with Crippen LogP contribution in [-0.2, 0) is 0 Å². The van der Waals surface area contributed by atoms with Crippen LogP contribution >= 0.6 is 0 Å². The predicted octanol–water partition coefficient (Wildman–Crippen LogP) is 4.80. The van der Waals surface area contributed by atoms with Crippen molar-refractivity contribution in [2.24, 2.45) is 0 Å². The number of benzene rings is 3. The molecule has 4 aromatic rings. The first kappa shape index (κ1) is 14.4. The molecule has 0 aliphatic carbocycles. The summed E-state index contributed by atoms with van der Waals surface area (Å²) in [4.78, 5) is 13.1. The van der Waals surface area contributed by atoms with Crippen LogP contribution in [0.5, 0.6) is 0 Å². The Labute approximate surface area is 138 Å². The number of halogens is 1. The highest BCUT2D eigenvalue weighted by molar-refractivity contribution is 5.86. The summed E-state index contributed by atoms with van der Waals surface area (Å²) in [6.45, 7) is 0. The SMILES string of the molecule is O=c1c2ccc(F)cc2cc(-c2ccccc2)n1-c1ccccc1. The van der Waals surface area contributed by atoms with Crippen LogP contribution in [-0.4, -0.2) is 4.57 Å². The lowest BCUT2D eigenvalue weighted by molar-refractivity contribution is 0.629. The van der Waals surface area contributed by atoms with Gasteiger partial charge in [-0.2, -0.15) is 0 Å². The second kappa shape index (κ2) is 5.78. The van der Waals surface area contributed by atoms with Crippen molar-refractivity contribution in [1.82, 2.24) is 4.57 Å². The molecule has 2 nitrogen and oxygen atoms in total. The van der Waals surface area contributed by atoms with Gasteiger partial charge in [0.2, 0.25) is 0 Å². The lowest BCUT2D eigenvalue weighted by Crippen LogP contribution is -2.20. The molecule has 1 heterocycles. The Morgan fingerprint density at radius 2 is 1.42 bits per heavy atom. The van der Waals surface area contributed by atoms with Crippen molar-refractivity contribution in [3.8, 4) is 16.9 Å². The van der Waals surface area contributed by atoms with Gasteiger partial charge in [-0.3, -0.25) is 9.36 Å². The summed E-state index contributed by atoms with van der Waals surface area (Å²) in [6.07, 6.45) is 0. The average molecular weight is 315 g/mol. The Hall–Kier alpha value is -3.20. The topological polar surface area (TPSA) is 22.0 Å². The number of nitrogens with zero attached hydrogens (tertiary/aromatic N) is 1. The lowest BCUT2D eigenvalue weighted by atomic mass is 10.1. The molecule has 1 aromatic heterocycles. The van der Waals surface area contributed by atoms with Gasteiger partial charge in [-0.1, -0.05) is 48.5 Å². The smallest absolute Gasteiger partial charge is 0.263 e. The molecule has 0 fully saturated rings. The molecule has 0 saturated heterocycles. The summed E-state index contributed by atoms with van der Waals surface area (Å²) in [5.41, 5.74) is 2.28. The van der Waals surface area contributed by atoms with E-state index in [1.165, 1.54) is 12.1 Å². The van der Waals surface area contributed by atoms with Crippen molar-refractivity contribution in [3.63, 3.8) is 0 Å². The van der Waals surface area contributed by atoms with Crippen molar-refractivity contribution in [3.05, 3.63) is 101 Å². The van der Waals surface area contributed by atoms with E-state index in [-0.39, 0.29) is 11.4 Å². The summed E-state index contributed by atoms with van der Waals surface area (Å²) < 4.78 is 15.3. The van der Waals surface area contributed by atoms with E-state index >= 15 is 0 Å². The van der Waals surface area contributed by atoms with Crippen molar-refractivity contribution in [2.45, 2.75) is 0 Å². The molecule has 0 amide bonds. The maximum Gasteiger partial charge on any atom is 0.263 e. The summed E-state index contributed by atoms with van der Waals surface area (Å²) in [6, 6.07) is 25.3. The Morgan fingerprint density at radius 3 is 2.12 bits per heavy atom. The van der Waals surface area contributed by atoms with E-state index in [4.69, 9.17) is 0 Å². The molecular formula is C21H14FNO. The Morgan fingerprint density at radius 1 is 0.750 bits per heavy atom. The molecule has 0 atom stereocenters. The van der Waals surface area contributed by atoms with Gasteiger partial charge in [0, 0.05) is 11.1 Å². The molecule has 0 N–H and O–H groups in total. The second-order valence-electron chi connectivity index (χ2n) is 5.60. The van der Waals surface area contributed by atoms with E-state index in [1.54, 1.807) is 10.6 Å². The first-order valence-corrected chi connectivity index (χ1v) is 7.70. The van der Waals surface area contributed by atoms with Crippen LogP contribution in [0.3, 0.4) is 0 Å². The average Bonchev–Trinajstić information content (AvgIpc) is 2.63. The van der Waals surface area contributed by atoms with Gasteiger partial charge in [-0.05, 0) is 47.3 Å². The minimum atomic E-state index is -0.349. The van der Waals surface area contributed by atoms with E-state index in [0.717, 1.165) is 16.9 Å². The summed E-state index contributed by atoms with van der Waals surface area (Å²) in [5, 5.41) is 1.10. The van der Waals surface area contributed by atoms with Gasteiger partial charge in [-0.25, -0.2) is 4.39 Å². The fourth-order valence-electron chi connectivity index (χ4n) is 2.94. The number of aromatic nitrogens is 1. The van der Waals surface area contributed by atoms with Gasteiger partial charge in [0.05, 0.1) is 5.69 Å². The largest absolute Gasteiger partial charge is 0.276 e. The van der Waals surface area contributed by atoms with E-state index in [1.807, 2.05) is 66.7 Å². The highest BCUT2D eigenvalue weighted by atomic mass is 19.1. The van der Waals surface area contributed by atoms with Crippen molar-refractivity contribution in [2.75, 3.05) is 0 Å². The Kier molecular flexibility index (Phi) is 3.47. The molecule has 24 heavy (non-hydrogen) atoms. The third kappa shape index (κ3) is 2.40. The molecule has 4 rings (SSSR count). The predicted molar refractivity (Wildman–Crippen MR) is 94.9 cm³/mol. The highest BCUT2D eigenvalue weighted by Crippen LogP contribution is 2.25. The van der Waals surface area contributed by atoms with Crippen LogP contribution in [0.4, 0.5) is 4.39 Å². The molecular weight excluding hydrogens is 301 g/mol. The van der Waals surface area contributed by atoms with Crippen LogP contribution < -0.4 is 5.56 Å². The molecule has 0 bridgehead atoms. The third-order valence-electron chi connectivity index (χ3n) is 4.06. The first-order valence-electron chi connectivity index (χ1n) is 7.70. The zero-order chi connectivity index (χ0) is 16.5. The van der Waals surface area contributed by atoms with E-state index < -0.39 is 0 Å². The lowest BCUT2D eigenvalue weighted by Gasteiger charge is -2.15. The minimum Gasteiger partial charge on any atom is -0.276 e. The molecule has 3 aromatic carbocycles.